The normalized spacial score (nSPS) is 17.0. The lowest BCUT2D eigenvalue weighted by Gasteiger charge is -2.23. The molecule has 7 N–H and O–H groups in total. The second-order valence-corrected chi connectivity index (χ2v) is 6.37. The minimum atomic E-state index is 0.203. The van der Waals surface area contributed by atoms with Crippen LogP contribution >= 0.6 is 0 Å². The Balaban J connectivity index is 1.82. The predicted octanol–water partition coefficient (Wildman–Crippen LogP) is 1.80. The molecule has 0 saturated heterocycles. The highest BCUT2D eigenvalue weighted by Gasteiger charge is 2.16. The van der Waals surface area contributed by atoms with Crippen LogP contribution in [-0.2, 0) is 0 Å². The second kappa shape index (κ2) is 7.69. The number of dihydropyridines is 2. The van der Waals surface area contributed by atoms with Gasteiger partial charge in [-0.25, -0.2) is 15.0 Å². The molecule has 3 heterocycles. The van der Waals surface area contributed by atoms with E-state index in [1.165, 1.54) is 12.5 Å². The maximum Gasteiger partial charge on any atom is 0.132 e. The summed E-state index contributed by atoms with van der Waals surface area (Å²) in [7, 11) is 0. The summed E-state index contributed by atoms with van der Waals surface area (Å²) in [5.74, 6) is 1.56. The molecule has 0 amide bonds. The molecule has 0 unspecified atom stereocenters. The van der Waals surface area contributed by atoms with Gasteiger partial charge in [0, 0.05) is 24.1 Å². The van der Waals surface area contributed by atoms with Crippen molar-refractivity contribution in [3.05, 3.63) is 71.4 Å². The molecule has 0 saturated carbocycles. The molecular formula is C19H22N8. The van der Waals surface area contributed by atoms with E-state index in [9.17, 15) is 0 Å². The maximum absolute atomic E-state index is 7.46. The first-order valence-electron chi connectivity index (χ1n) is 8.48. The molecule has 0 aromatic carbocycles. The number of fused-ring (bicyclic) bond motifs is 1. The number of rotatable bonds is 5. The van der Waals surface area contributed by atoms with Gasteiger partial charge in [0.15, 0.2) is 0 Å². The minimum absolute atomic E-state index is 0.203. The van der Waals surface area contributed by atoms with Gasteiger partial charge in [-0.3, -0.25) is 0 Å². The lowest BCUT2D eigenvalue weighted by atomic mass is 10.0. The molecule has 0 atom stereocenters. The van der Waals surface area contributed by atoms with Crippen LogP contribution in [0, 0.1) is 11.3 Å². The molecule has 1 aromatic rings. The summed E-state index contributed by atoms with van der Waals surface area (Å²) in [4.78, 5) is 12.6. The van der Waals surface area contributed by atoms with Gasteiger partial charge in [-0.2, -0.15) is 0 Å². The number of nitrogens with one attached hydrogen (secondary N) is 3. The second-order valence-electron chi connectivity index (χ2n) is 6.37. The molecule has 3 rings (SSSR count). The Labute approximate surface area is 157 Å². The molecule has 0 spiro atoms. The van der Waals surface area contributed by atoms with E-state index in [0.29, 0.717) is 17.5 Å². The zero-order valence-corrected chi connectivity index (χ0v) is 15.2. The van der Waals surface area contributed by atoms with Gasteiger partial charge in [0.1, 0.15) is 23.8 Å². The summed E-state index contributed by atoms with van der Waals surface area (Å²) in [6.45, 7) is 4.01. The summed E-state index contributed by atoms with van der Waals surface area (Å²) in [6, 6.07) is 1.71. The highest BCUT2D eigenvalue weighted by Crippen LogP contribution is 2.24. The van der Waals surface area contributed by atoms with Crippen molar-refractivity contribution in [2.75, 3.05) is 5.73 Å². The van der Waals surface area contributed by atoms with Crippen molar-refractivity contribution in [2.45, 2.75) is 13.8 Å². The minimum Gasteiger partial charge on any atom is -0.384 e. The highest BCUT2D eigenvalue weighted by atomic mass is 15.1. The van der Waals surface area contributed by atoms with Gasteiger partial charge in [0.2, 0.25) is 0 Å². The van der Waals surface area contributed by atoms with Gasteiger partial charge in [0.05, 0.1) is 17.1 Å². The average Bonchev–Trinajstić information content (AvgIpc) is 2.65. The van der Waals surface area contributed by atoms with E-state index in [1.807, 2.05) is 38.3 Å². The van der Waals surface area contributed by atoms with E-state index in [-0.39, 0.29) is 5.92 Å². The van der Waals surface area contributed by atoms with Gasteiger partial charge in [-0.05, 0) is 35.8 Å². The van der Waals surface area contributed by atoms with Crippen LogP contribution in [0.1, 0.15) is 19.5 Å². The quantitative estimate of drug-likeness (QED) is 0.400. The lowest BCUT2D eigenvalue weighted by molar-refractivity contribution is 0.806. The zero-order valence-electron chi connectivity index (χ0n) is 15.2. The van der Waals surface area contributed by atoms with Crippen molar-refractivity contribution in [2.24, 2.45) is 16.6 Å². The third kappa shape index (κ3) is 4.30. The molecule has 2 aliphatic rings. The SMILES string of the molecule is CC(C)C(C=N)=CC(N)=NC1=CC=C2NC=C(c3cc(N)ncn3)C=C2N1. The van der Waals surface area contributed by atoms with Crippen molar-refractivity contribution < 1.29 is 0 Å². The maximum atomic E-state index is 7.46. The van der Waals surface area contributed by atoms with E-state index in [0.717, 1.165) is 28.2 Å². The molecule has 8 heteroatoms. The molecular weight excluding hydrogens is 340 g/mol. The number of nitrogens with two attached hydrogens (primary N) is 2. The number of aliphatic imine (C=N–C) groups is 1. The summed E-state index contributed by atoms with van der Waals surface area (Å²) < 4.78 is 0. The Morgan fingerprint density at radius 3 is 2.78 bits per heavy atom. The van der Waals surface area contributed by atoms with Crippen LogP contribution in [0.2, 0.25) is 0 Å². The van der Waals surface area contributed by atoms with E-state index >= 15 is 0 Å². The zero-order chi connectivity index (χ0) is 19.4. The van der Waals surface area contributed by atoms with E-state index < -0.39 is 0 Å². The largest absolute Gasteiger partial charge is 0.384 e. The van der Waals surface area contributed by atoms with Crippen LogP contribution in [0.4, 0.5) is 5.82 Å². The van der Waals surface area contributed by atoms with Gasteiger partial charge in [0.25, 0.3) is 0 Å². The van der Waals surface area contributed by atoms with Crippen molar-refractivity contribution in [3.8, 4) is 0 Å². The van der Waals surface area contributed by atoms with Crippen LogP contribution in [0.5, 0.6) is 0 Å². The molecule has 27 heavy (non-hydrogen) atoms. The molecule has 138 valence electrons. The number of aromatic nitrogens is 2. The molecule has 0 fully saturated rings. The average molecular weight is 362 g/mol. The molecule has 0 bridgehead atoms. The number of nitrogen functional groups attached to an aromatic ring is 1. The lowest BCUT2D eigenvalue weighted by Crippen LogP contribution is -2.26. The first-order valence-corrected chi connectivity index (χ1v) is 8.48. The Bertz CT molecular complexity index is 944. The highest BCUT2D eigenvalue weighted by molar-refractivity contribution is 5.97. The van der Waals surface area contributed by atoms with Gasteiger partial charge in [-0.15, -0.1) is 0 Å². The molecule has 1 aromatic heterocycles. The standard InChI is InChI=1S/C19H22N8/c1-11(2)12(8-20)6-18(22)27-19-4-3-14-16(26-19)5-13(9-23-14)15-7-17(21)25-10-24-15/h3-11,20,23,26H,1-2H3,(H2,22,27)(H2,21,24,25). The Morgan fingerprint density at radius 2 is 2.07 bits per heavy atom. The molecule has 0 radical (unpaired) electrons. The number of hydrogen-bond acceptors (Lipinski definition) is 7. The summed E-state index contributed by atoms with van der Waals surface area (Å²) in [5.41, 5.74) is 15.9. The van der Waals surface area contributed by atoms with Crippen LogP contribution in [0.15, 0.2) is 70.7 Å². The molecule has 2 aliphatic heterocycles. The van der Waals surface area contributed by atoms with Crippen LogP contribution in [0.3, 0.4) is 0 Å². The van der Waals surface area contributed by atoms with Crippen molar-refractivity contribution in [1.82, 2.24) is 20.6 Å². The smallest absolute Gasteiger partial charge is 0.132 e. The third-order valence-electron chi connectivity index (χ3n) is 4.03. The number of allylic oxidation sites excluding steroid dienone is 5. The van der Waals surface area contributed by atoms with Crippen molar-refractivity contribution in [1.29, 1.82) is 5.41 Å². The molecule has 8 nitrogen and oxygen atoms in total. The number of amidine groups is 1. The summed E-state index contributed by atoms with van der Waals surface area (Å²) in [5, 5.41) is 13.9. The van der Waals surface area contributed by atoms with Gasteiger partial charge < -0.3 is 27.5 Å². The van der Waals surface area contributed by atoms with Crippen LogP contribution < -0.4 is 22.1 Å². The van der Waals surface area contributed by atoms with Crippen molar-refractivity contribution >= 4 is 23.4 Å². The third-order valence-corrected chi connectivity index (χ3v) is 4.03. The van der Waals surface area contributed by atoms with Gasteiger partial charge in [-0.1, -0.05) is 13.8 Å². The Kier molecular flexibility index (Phi) is 5.16. The Hall–Kier alpha value is -3.68. The first kappa shape index (κ1) is 18.1. The Morgan fingerprint density at radius 1 is 1.26 bits per heavy atom. The van der Waals surface area contributed by atoms with Crippen LogP contribution in [0.25, 0.3) is 5.57 Å². The predicted molar refractivity (Wildman–Crippen MR) is 108 cm³/mol. The topological polar surface area (TPSA) is 138 Å². The summed E-state index contributed by atoms with van der Waals surface area (Å²) in [6.07, 6.45) is 12.0. The van der Waals surface area contributed by atoms with Gasteiger partial charge >= 0.3 is 0 Å². The summed E-state index contributed by atoms with van der Waals surface area (Å²) >= 11 is 0. The number of hydrogen-bond donors (Lipinski definition) is 5. The van der Waals surface area contributed by atoms with E-state index in [1.54, 1.807) is 12.1 Å². The number of nitrogens with zero attached hydrogens (tertiary/aromatic N) is 3. The van der Waals surface area contributed by atoms with E-state index in [4.69, 9.17) is 16.9 Å². The van der Waals surface area contributed by atoms with E-state index in [2.05, 4.69) is 25.6 Å². The first-order chi connectivity index (χ1) is 13.0. The number of anilines is 1. The fourth-order valence-electron chi connectivity index (χ4n) is 2.55. The monoisotopic (exact) mass is 362 g/mol. The fraction of sp³-hybridized carbons (Fsp3) is 0.158. The van der Waals surface area contributed by atoms with Crippen LogP contribution in [-0.4, -0.2) is 22.0 Å². The molecule has 0 aliphatic carbocycles. The fourth-order valence-corrected chi connectivity index (χ4v) is 2.55. The van der Waals surface area contributed by atoms with Crippen molar-refractivity contribution in [3.63, 3.8) is 0 Å².